The zero-order valence-corrected chi connectivity index (χ0v) is 15.3. The van der Waals surface area contributed by atoms with Gasteiger partial charge in [-0.15, -0.1) is 0 Å². The Balaban J connectivity index is 1.33. The van der Waals surface area contributed by atoms with Crippen LogP contribution in [0.5, 0.6) is 5.75 Å². The van der Waals surface area contributed by atoms with Crippen LogP contribution in [0.4, 0.5) is 4.39 Å². The molecule has 2 aromatic carbocycles. The summed E-state index contributed by atoms with van der Waals surface area (Å²) in [5.41, 5.74) is 2.45. The molecule has 0 fully saturated rings. The summed E-state index contributed by atoms with van der Waals surface area (Å²) in [4.78, 5) is 6.77. The van der Waals surface area contributed by atoms with Crippen LogP contribution in [-0.2, 0) is 13.0 Å². The predicted octanol–water partition coefficient (Wildman–Crippen LogP) is 4.01. The first-order valence-corrected chi connectivity index (χ1v) is 9.21. The van der Waals surface area contributed by atoms with Gasteiger partial charge < -0.3 is 9.26 Å². The minimum atomic E-state index is -0.262. The Bertz CT molecular complexity index is 925. The SMILES string of the molecule is Cc1ccc(-c2noc(CCCN3CCOc4ccccc4C3)n2)cc1F. The number of fused-ring (bicyclic) bond motifs is 1. The van der Waals surface area contributed by atoms with Crippen molar-refractivity contribution in [1.82, 2.24) is 15.0 Å². The minimum Gasteiger partial charge on any atom is -0.492 e. The van der Waals surface area contributed by atoms with Gasteiger partial charge in [-0.1, -0.05) is 35.5 Å². The summed E-state index contributed by atoms with van der Waals surface area (Å²) < 4.78 is 24.9. The van der Waals surface area contributed by atoms with Crippen molar-refractivity contribution in [1.29, 1.82) is 0 Å². The maximum Gasteiger partial charge on any atom is 0.227 e. The van der Waals surface area contributed by atoms with Crippen LogP contribution in [0, 0.1) is 12.7 Å². The first-order chi connectivity index (χ1) is 13.2. The van der Waals surface area contributed by atoms with Gasteiger partial charge in [-0.3, -0.25) is 4.90 Å². The summed E-state index contributed by atoms with van der Waals surface area (Å²) in [6.45, 7) is 5.13. The zero-order chi connectivity index (χ0) is 18.6. The number of aryl methyl sites for hydroxylation is 2. The highest BCUT2D eigenvalue weighted by atomic mass is 19.1. The summed E-state index contributed by atoms with van der Waals surface area (Å²) in [5, 5.41) is 3.98. The third kappa shape index (κ3) is 4.17. The quantitative estimate of drug-likeness (QED) is 0.682. The first kappa shape index (κ1) is 17.7. The van der Waals surface area contributed by atoms with Crippen molar-refractivity contribution in [3.8, 4) is 17.1 Å². The van der Waals surface area contributed by atoms with Crippen LogP contribution in [0.25, 0.3) is 11.4 Å². The molecule has 2 heterocycles. The predicted molar refractivity (Wildman–Crippen MR) is 100.0 cm³/mol. The molecular weight excluding hydrogens is 345 g/mol. The molecule has 1 aliphatic heterocycles. The van der Waals surface area contributed by atoms with Gasteiger partial charge in [0.2, 0.25) is 11.7 Å². The fourth-order valence-corrected chi connectivity index (χ4v) is 3.23. The molecule has 140 valence electrons. The maximum absolute atomic E-state index is 13.7. The highest BCUT2D eigenvalue weighted by Crippen LogP contribution is 2.23. The van der Waals surface area contributed by atoms with Crippen molar-refractivity contribution in [3.05, 3.63) is 65.3 Å². The van der Waals surface area contributed by atoms with E-state index in [0.717, 1.165) is 31.8 Å². The third-order valence-corrected chi connectivity index (χ3v) is 4.79. The Labute approximate surface area is 157 Å². The van der Waals surface area contributed by atoms with Crippen LogP contribution in [0.2, 0.25) is 0 Å². The van der Waals surface area contributed by atoms with Crippen LogP contribution >= 0.6 is 0 Å². The molecule has 0 saturated heterocycles. The molecule has 6 heteroatoms. The van der Waals surface area contributed by atoms with E-state index in [1.165, 1.54) is 11.6 Å². The van der Waals surface area contributed by atoms with Gasteiger partial charge in [0.25, 0.3) is 0 Å². The Morgan fingerprint density at radius 3 is 2.96 bits per heavy atom. The van der Waals surface area contributed by atoms with Crippen molar-refractivity contribution in [2.75, 3.05) is 19.7 Å². The van der Waals surface area contributed by atoms with E-state index in [1.807, 2.05) is 24.3 Å². The minimum absolute atomic E-state index is 0.262. The highest BCUT2D eigenvalue weighted by molar-refractivity contribution is 5.54. The molecule has 4 rings (SSSR count). The molecule has 5 nitrogen and oxygen atoms in total. The van der Waals surface area contributed by atoms with Gasteiger partial charge in [-0.2, -0.15) is 4.98 Å². The van der Waals surface area contributed by atoms with Crippen molar-refractivity contribution >= 4 is 0 Å². The number of hydrogen-bond donors (Lipinski definition) is 0. The number of aromatic nitrogens is 2. The van der Waals surface area contributed by atoms with Crippen LogP contribution in [0.1, 0.15) is 23.4 Å². The van der Waals surface area contributed by atoms with Gasteiger partial charge in [-0.05, 0) is 37.6 Å². The smallest absolute Gasteiger partial charge is 0.227 e. The number of hydrogen-bond acceptors (Lipinski definition) is 5. The number of benzene rings is 2. The van der Waals surface area contributed by atoms with Crippen molar-refractivity contribution < 1.29 is 13.7 Å². The Hall–Kier alpha value is -2.73. The lowest BCUT2D eigenvalue weighted by atomic mass is 10.1. The molecule has 0 unspecified atom stereocenters. The first-order valence-electron chi connectivity index (χ1n) is 9.21. The van der Waals surface area contributed by atoms with E-state index in [0.29, 0.717) is 35.9 Å². The van der Waals surface area contributed by atoms with Crippen LogP contribution in [-0.4, -0.2) is 34.7 Å². The number of rotatable bonds is 5. The summed E-state index contributed by atoms with van der Waals surface area (Å²) in [7, 11) is 0. The van der Waals surface area contributed by atoms with Crippen molar-refractivity contribution in [2.24, 2.45) is 0 Å². The van der Waals surface area contributed by atoms with Gasteiger partial charge in [0.1, 0.15) is 18.2 Å². The molecule has 0 atom stereocenters. The van der Waals surface area contributed by atoms with Gasteiger partial charge in [0.05, 0.1) is 0 Å². The molecule has 27 heavy (non-hydrogen) atoms. The van der Waals surface area contributed by atoms with Crippen LogP contribution in [0.3, 0.4) is 0 Å². The molecule has 0 spiro atoms. The monoisotopic (exact) mass is 367 g/mol. The lowest BCUT2D eigenvalue weighted by Gasteiger charge is -2.18. The maximum atomic E-state index is 13.7. The van der Waals surface area contributed by atoms with Crippen molar-refractivity contribution in [2.45, 2.75) is 26.3 Å². The third-order valence-electron chi connectivity index (χ3n) is 4.79. The molecule has 3 aromatic rings. The number of ether oxygens (including phenoxy) is 1. The largest absolute Gasteiger partial charge is 0.492 e. The fraction of sp³-hybridized carbons (Fsp3) is 0.333. The molecule has 0 bridgehead atoms. The summed E-state index contributed by atoms with van der Waals surface area (Å²) in [6, 6.07) is 13.1. The fourth-order valence-electron chi connectivity index (χ4n) is 3.23. The molecule has 0 radical (unpaired) electrons. The Kier molecular flexibility index (Phi) is 5.16. The molecule has 1 aromatic heterocycles. The van der Waals surface area contributed by atoms with Crippen LogP contribution in [0.15, 0.2) is 47.0 Å². The lowest BCUT2D eigenvalue weighted by Crippen LogP contribution is -2.27. The average molecular weight is 367 g/mol. The second kappa shape index (κ2) is 7.88. The molecule has 0 amide bonds. The van der Waals surface area contributed by atoms with Crippen LogP contribution < -0.4 is 4.74 Å². The summed E-state index contributed by atoms with van der Waals surface area (Å²) >= 11 is 0. The lowest BCUT2D eigenvalue weighted by molar-refractivity contribution is 0.222. The zero-order valence-electron chi connectivity index (χ0n) is 15.3. The molecule has 0 saturated carbocycles. The second-order valence-electron chi connectivity index (χ2n) is 6.81. The number of halogens is 1. The van der Waals surface area contributed by atoms with E-state index in [9.17, 15) is 4.39 Å². The molecule has 0 N–H and O–H groups in total. The highest BCUT2D eigenvalue weighted by Gasteiger charge is 2.15. The average Bonchev–Trinajstić information content (AvgIpc) is 3.04. The van der Waals surface area contributed by atoms with Gasteiger partial charge in [0.15, 0.2) is 0 Å². The van der Waals surface area contributed by atoms with Gasteiger partial charge in [0, 0.05) is 30.6 Å². The Morgan fingerprint density at radius 1 is 1.19 bits per heavy atom. The topological polar surface area (TPSA) is 51.4 Å². The normalized spacial score (nSPS) is 14.4. The number of nitrogens with zero attached hydrogens (tertiary/aromatic N) is 3. The van der Waals surface area contributed by atoms with E-state index >= 15 is 0 Å². The molecule has 1 aliphatic rings. The van der Waals surface area contributed by atoms with E-state index in [2.05, 4.69) is 21.1 Å². The van der Waals surface area contributed by atoms with E-state index < -0.39 is 0 Å². The summed E-state index contributed by atoms with van der Waals surface area (Å²) in [6.07, 6.45) is 1.60. The van der Waals surface area contributed by atoms with Gasteiger partial charge in [-0.25, -0.2) is 4.39 Å². The van der Waals surface area contributed by atoms with E-state index in [1.54, 1.807) is 13.0 Å². The Morgan fingerprint density at radius 2 is 2.07 bits per heavy atom. The molecule has 0 aliphatic carbocycles. The standard InChI is InChI=1S/C21H22FN3O2/c1-15-8-9-16(13-18(15)22)21-23-20(27-24-21)7-4-10-25-11-12-26-19-6-3-2-5-17(19)14-25/h2-3,5-6,8-9,13H,4,7,10-12,14H2,1H3. The van der Waals surface area contributed by atoms with E-state index in [4.69, 9.17) is 9.26 Å². The van der Waals surface area contributed by atoms with Crippen molar-refractivity contribution in [3.63, 3.8) is 0 Å². The van der Waals surface area contributed by atoms with Gasteiger partial charge >= 0.3 is 0 Å². The summed E-state index contributed by atoms with van der Waals surface area (Å²) in [5.74, 6) is 1.73. The molecular formula is C21H22FN3O2. The number of para-hydroxylation sites is 1. The second-order valence-corrected chi connectivity index (χ2v) is 6.81. The van der Waals surface area contributed by atoms with E-state index in [-0.39, 0.29) is 5.82 Å².